The number of nitrogens with zero attached hydrogens (tertiary/aromatic N) is 5. The van der Waals surface area contributed by atoms with E-state index in [4.69, 9.17) is 0 Å². The molecule has 6 nitrogen and oxygen atoms in total. The van der Waals surface area contributed by atoms with Gasteiger partial charge in [0.05, 0.1) is 23.3 Å². The Morgan fingerprint density at radius 2 is 1.94 bits per heavy atom. The second-order valence-electron chi connectivity index (χ2n) is 7.54. The van der Waals surface area contributed by atoms with E-state index in [1.165, 1.54) is 22.9 Å². The highest BCUT2D eigenvalue weighted by atomic mass is 32.2. The van der Waals surface area contributed by atoms with Crippen LogP contribution in [-0.4, -0.2) is 42.9 Å². The second-order valence-corrected chi connectivity index (χ2v) is 8.48. The lowest BCUT2D eigenvalue weighted by Gasteiger charge is -2.16. The smallest absolute Gasteiger partial charge is 0.233 e. The third kappa shape index (κ3) is 4.88. The summed E-state index contributed by atoms with van der Waals surface area (Å²) < 4.78 is 3.87. The van der Waals surface area contributed by atoms with Gasteiger partial charge in [-0.15, -0.1) is 0 Å². The molecule has 0 fully saturated rings. The van der Waals surface area contributed by atoms with Gasteiger partial charge in [0.25, 0.3) is 0 Å². The molecular formula is C24H25N5OS. The molecule has 0 radical (unpaired) electrons. The number of rotatable bonds is 7. The van der Waals surface area contributed by atoms with Crippen LogP contribution in [0.25, 0.3) is 11.4 Å². The van der Waals surface area contributed by atoms with Gasteiger partial charge in [-0.3, -0.25) is 9.36 Å². The van der Waals surface area contributed by atoms with Gasteiger partial charge in [0.1, 0.15) is 0 Å². The zero-order chi connectivity index (χ0) is 21.8. The molecule has 0 bridgehead atoms. The van der Waals surface area contributed by atoms with Crippen LogP contribution < -0.4 is 0 Å². The van der Waals surface area contributed by atoms with E-state index in [9.17, 15) is 4.79 Å². The van der Waals surface area contributed by atoms with Crippen LogP contribution in [0.2, 0.25) is 0 Å². The van der Waals surface area contributed by atoms with Crippen LogP contribution in [0.3, 0.4) is 0 Å². The van der Waals surface area contributed by atoms with Crippen molar-refractivity contribution in [2.75, 3.05) is 12.8 Å². The summed E-state index contributed by atoms with van der Waals surface area (Å²) in [6, 6.07) is 16.3. The summed E-state index contributed by atoms with van der Waals surface area (Å²) in [5.41, 5.74) is 5.44. The molecule has 0 N–H and O–H groups in total. The number of imidazole rings is 1. The molecule has 0 saturated heterocycles. The predicted molar refractivity (Wildman–Crippen MR) is 124 cm³/mol. The van der Waals surface area contributed by atoms with Crippen molar-refractivity contribution in [1.82, 2.24) is 24.2 Å². The Balaban J connectivity index is 1.38. The zero-order valence-corrected chi connectivity index (χ0v) is 18.7. The largest absolute Gasteiger partial charge is 0.341 e. The van der Waals surface area contributed by atoms with Crippen LogP contribution in [0.4, 0.5) is 0 Å². The fourth-order valence-corrected chi connectivity index (χ4v) is 4.23. The molecule has 7 heteroatoms. The Kier molecular flexibility index (Phi) is 6.23. The number of aryl methyl sites for hydroxylation is 2. The van der Waals surface area contributed by atoms with Crippen molar-refractivity contribution in [3.05, 3.63) is 90.0 Å². The number of para-hydroxylation sites is 1. The summed E-state index contributed by atoms with van der Waals surface area (Å²) in [4.78, 5) is 18.9. The number of aromatic nitrogens is 4. The van der Waals surface area contributed by atoms with Crippen molar-refractivity contribution in [2.24, 2.45) is 0 Å². The summed E-state index contributed by atoms with van der Waals surface area (Å²) in [6.45, 7) is 4.67. The molecule has 0 aliphatic carbocycles. The third-order valence-corrected chi connectivity index (χ3v) is 6.01. The van der Waals surface area contributed by atoms with E-state index < -0.39 is 0 Å². The van der Waals surface area contributed by atoms with Gasteiger partial charge >= 0.3 is 0 Å². The third-order valence-electron chi connectivity index (χ3n) is 5.06. The van der Waals surface area contributed by atoms with E-state index in [2.05, 4.69) is 42.1 Å². The number of hydrogen-bond donors (Lipinski definition) is 0. The normalized spacial score (nSPS) is 10.9. The topological polar surface area (TPSA) is 56.0 Å². The number of hydrogen-bond acceptors (Lipinski definition) is 4. The maximum atomic E-state index is 12.7. The highest BCUT2D eigenvalue weighted by Crippen LogP contribution is 2.24. The van der Waals surface area contributed by atoms with Crippen LogP contribution in [0.1, 0.15) is 16.7 Å². The molecule has 0 aliphatic rings. The minimum absolute atomic E-state index is 0.0491. The van der Waals surface area contributed by atoms with E-state index in [0.717, 1.165) is 22.1 Å². The quantitative estimate of drug-likeness (QED) is 0.406. The first-order valence-corrected chi connectivity index (χ1v) is 11.1. The van der Waals surface area contributed by atoms with Crippen LogP contribution in [-0.2, 0) is 11.3 Å². The number of amides is 1. The first-order valence-electron chi connectivity index (χ1n) is 10.1. The lowest BCUT2D eigenvalue weighted by molar-refractivity contribution is -0.127. The lowest BCUT2D eigenvalue weighted by atomic mass is 10.1. The molecule has 158 valence electrons. The predicted octanol–water partition coefficient (Wildman–Crippen LogP) is 4.43. The fraction of sp³-hybridized carbons (Fsp3) is 0.208. The summed E-state index contributed by atoms with van der Waals surface area (Å²) in [5.74, 6) is 0.374. The van der Waals surface area contributed by atoms with Gasteiger partial charge < -0.3 is 4.90 Å². The van der Waals surface area contributed by atoms with Crippen molar-refractivity contribution in [3.63, 3.8) is 0 Å². The van der Waals surface area contributed by atoms with Crippen molar-refractivity contribution in [3.8, 4) is 11.4 Å². The molecule has 0 saturated carbocycles. The van der Waals surface area contributed by atoms with Gasteiger partial charge in [0.15, 0.2) is 5.16 Å². The monoisotopic (exact) mass is 431 g/mol. The molecule has 1 amide bonds. The average Bonchev–Trinajstić information content (AvgIpc) is 3.44. The molecule has 2 heterocycles. The Morgan fingerprint density at radius 1 is 1.13 bits per heavy atom. The van der Waals surface area contributed by atoms with Crippen LogP contribution in [0.15, 0.2) is 78.5 Å². The van der Waals surface area contributed by atoms with Crippen molar-refractivity contribution in [1.29, 1.82) is 0 Å². The maximum Gasteiger partial charge on any atom is 0.233 e. The summed E-state index contributed by atoms with van der Waals surface area (Å²) in [5, 5.41) is 5.22. The summed E-state index contributed by atoms with van der Waals surface area (Å²) in [7, 11) is 1.82. The molecule has 0 aliphatic heterocycles. The van der Waals surface area contributed by atoms with Crippen molar-refractivity contribution < 1.29 is 4.79 Å². The number of benzene rings is 2. The molecule has 2 aromatic heterocycles. The van der Waals surface area contributed by atoms with E-state index in [0.29, 0.717) is 12.3 Å². The lowest BCUT2D eigenvalue weighted by Crippen LogP contribution is -2.27. The Labute approximate surface area is 186 Å². The molecule has 0 spiro atoms. The Hall–Kier alpha value is -3.32. The first-order chi connectivity index (χ1) is 15.0. The highest BCUT2D eigenvalue weighted by molar-refractivity contribution is 7.99. The van der Waals surface area contributed by atoms with Gasteiger partial charge in [-0.1, -0.05) is 42.1 Å². The molecule has 4 aromatic rings. The molecule has 31 heavy (non-hydrogen) atoms. The summed E-state index contributed by atoms with van der Waals surface area (Å²) in [6.07, 6.45) is 7.48. The van der Waals surface area contributed by atoms with Gasteiger partial charge in [0.2, 0.25) is 5.91 Å². The average molecular weight is 432 g/mol. The molecule has 4 rings (SSSR count). The van der Waals surface area contributed by atoms with Gasteiger partial charge in [-0.25, -0.2) is 9.67 Å². The van der Waals surface area contributed by atoms with Gasteiger partial charge in [0, 0.05) is 37.7 Å². The van der Waals surface area contributed by atoms with E-state index in [-0.39, 0.29) is 5.91 Å². The first kappa shape index (κ1) is 20.9. The molecular weight excluding hydrogens is 406 g/mol. The van der Waals surface area contributed by atoms with Crippen LogP contribution in [0, 0.1) is 13.8 Å². The Morgan fingerprint density at radius 3 is 2.74 bits per heavy atom. The molecule has 2 aromatic carbocycles. The standard InChI is InChI=1S/C24H25N5OS/c1-18-9-10-19(2)22(13-18)28-12-11-25-24(28)31-17-23(30)27(3)15-20-14-26-29(16-20)21-7-5-4-6-8-21/h4-14,16H,15,17H2,1-3H3. The van der Waals surface area contributed by atoms with E-state index in [1.807, 2.05) is 59.0 Å². The van der Waals surface area contributed by atoms with E-state index in [1.54, 1.807) is 17.3 Å². The van der Waals surface area contributed by atoms with Gasteiger partial charge in [-0.05, 0) is 43.2 Å². The number of thioether (sulfide) groups is 1. The highest BCUT2D eigenvalue weighted by Gasteiger charge is 2.14. The summed E-state index contributed by atoms with van der Waals surface area (Å²) >= 11 is 1.45. The second kappa shape index (κ2) is 9.22. The maximum absolute atomic E-state index is 12.7. The van der Waals surface area contributed by atoms with E-state index >= 15 is 0 Å². The molecule has 0 unspecified atom stereocenters. The van der Waals surface area contributed by atoms with Crippen molar-refractivity contribution in [2.45, 2.75) is 25.5 Å². The van der Waals surface area contributed by atoms with Crippen LogP contribution in [0.5, 0.6) is 0 Å². The SMILES string of the molecule is Cc1ccc(C)c(-n2ccnc2SCC(=O)N(C)Cc2cnn(-c3ccccc3)c2)c1. The minimum Gasteiger partial charge on any atom is -0.341 e. The van der Waals surface area contributed by atoms with Gasteiger partial charge in [-0.2, -0.15) is 5.10 Å². The number of carbonyl (C=O) groups excluding carboxylic acids is 1. The fourth-order valence-electron chi connectivity index (χ4n) is 3.32. The Bertz CT molecular complexity index is 1180. The number of carbonyl (C=O) groups is 1. The van der Waals surface area contributed by atoms with Crippen LogP contribution >= 0.6 is 11.8 Å². The molecule has 0 atom stereocenters. The van der Waals surface area contributed by atoms with Crippen molar-refractivity contribution >= 4 is 17.7 Å². The minimum atomic E-state index is 0.0491. The zero-order valence-electron chi connectivity index (χ0n) is 17.9.